The lowest BCUT2D eigenvalue weighted by atomic mass is 9.94. The van der Waals surface area contributed by atoms with Crippen molar-refractivity contribution >= 4 is 11.9 Å². The molecule has 0 spiro atoms. The van der Waals surface area contributed by atoms with Gasteiger partial charge in [0, 0.05) is 6.61 Å². The quantitative estimate of drug-likeness (QED) is 0.744. The number of hydrogen-bond acceptors (Lipinski definition) is 5. The minimum absolute atomic E-state index is 0.165. The van der Waals surface area contributed by atoms with E-state index in [2.05, 4.69) is 5.32 Å². The molecular weight excluding hydrogens is 314 g/mol. The summed E-state index contributed by atoms with van der Waals surface area (Å²) in [6.45, 7) is 2.54. The summed E-state index contributed by atoms with van der Waals surface area (Å²) in [6, 6.07) is 7.39. The molecule has 0 saturated carbocycles. The lowest BCUT2D eigenvalue weighted by molar-refractivity contribution is -0.140. The number of ether oxygens (including phenoxy) is 3. The third-order valence-electron chi connectivity index (χ3n) is 3.98. The highest BCUT2D eigenvalue weighted by Gasteiger charge is 2.39. The van der Waals surface area contributed by atoms with Crippen LogP contribution in [-0.4, -0.2) is 48.9 Å². The van der Waals surface area contributed by atoms with Gasteiger partial charge in [-0.15, -0.1) is 0 Å². The van der Waals surface area contributed by atoms with Crippen LogP contribution in [0.2, 0.25) is 0 Å². The van der Waals surface area contributed by atoms with Crippen LogP contribution in [0.5, 0.6) is 5.75 Å². The van der Waals surface area contributed by atoms with Gasteiger partial charge >= 0.3 is 5.97 Å². The number of methoxy groups -OCH3 is 1. The van der Waals surface area contributed by atoms with Gasteiger partial charge in [0.2, 0.25) is 5.91 Å². The van der Waals surface area contributed by atoms with Crippen LogP contribution in [0, 0.1) is 0 Å². The molecule has 1 amide bonds. The van der Waals surface area contributed by atoms with Crippen LogP contribution in [0.15, 0.2) is 24.3 Å². The summed E-state index contributed by atoms with van der Waals surface area (Å²) in [5, 5.41) is 11.8. The monoisotopic (exact) mass is 337 g/mol. The van der Waals surface area contributed by atoms with E-state index in [9.17, 15) is 9.59 Å². The Kier molecular flexibility index (Phi) is 6.16. The topological polar surface area (TPSA) is 94.1 Å². The molecule has 2 unspecified atom stereocenters. The normalized spacial score (nSPS) is 21.2. The van der Waals surface area contributed by atoms with E-state index in [0.717, 1.165) is 11.3 Å². The molecule has 0 bridgehead atoms. The second-order valence-electron chi connectivity index (χ2n) is 5.95. The van der Waals surface area contributed by atoms with E-state index in [1.165, 1.54) is 0 Å². The first-order valence-electron chi connectivity index (χ1n) is 7.80. The van der Waals surface area contributed by atoms with Crippen molar-refractivity contribution in [3.05, 3.63) is 29.8 Å². The predicted molar refractivity (Wildman–Crippen MR) is 85.8 cm³/mol. The molecule has 24 heavy (non-hydrogen) atoms. The molecule has 1 heterocycles. The smallest absolute Gasteiger partial charge is 0.305 e. The Morgan fingerprint density at radius 3 is 2.88 bits per heavy atom. The summed E-state index contributed by atoms with van der Waals surface area (Å²) in [7, 11) is 1.58. The van der Waals surface area contributed by atoms with Gasteiger partial charge in [0.1, 0.15) is 11.9 Å². The van der Waals surface area contributed by atoms with Gasteiger partial charge in [0.15, 0.2) is 0 Å². The molecule has 1 aliphatic heterocycles. The zero-order valence-electron chi connectivity index (χ0n) is 13.9. The van der Waals surface area contributed by atoms with Gasteiger partial charge in [0.05, 0.1) is 32.3 Å². The minimum atomic E-state index is -0.967. The van der Waals surface area contributed by atoms with E-state index >= 15 is 0 Å². The second kappa shape index (κ2) is 8.12. The molecule has 0 aliphatic carbocycles. The number of amides is 1. The van der Waals surface area contributed by atoms with Crippen molar-refractivity contribution in [3.8, 4) is 5.75 Å². The Hall–Kier alpha value is -2.12. The van der Waals surface area contributed by atoms with Gasteiger partial charge < -0.3 is 24.6 Å². The summed E-state index contributed by atoms with van der Waals surface area (Å²) >= 11 is 0. The Balaban J connectivity index is 1.90. The zero-order chi connectivity index (χ0) is 17.6. The predicted octanol–water partition coefficient (Wildman–Crippen LogP) is 1.35. The van der Waals surface area contributed by atoms with E-state index in [0.29, 0.717) is 13.0 Å². The van der Waals surface area contributed by atoms with E-state index in [4.69, 9.17) is 19.3 Å². The Bertz CT molecular complexity index is 582. The fraction of sp³-hybridized carbons (Fsp3) is 0.529. The lowest BCUT2D eigenvalue weighted by Crippen LogP contribution is -2.53. The molecule has 1 fully saturated rings. The van der Waals surface area contributed by atoms with E-state index in [1.807, 2.05) is 24.3 Å². The standard InChI is InChI=1S/C17H23NO6/c1-12(24-10-13-4-3-5-14(8-13)22-2)16(21)18-17(9-15(19)20)6-7-23-11-17/h3-5,8,12H,6-7,9-11H2,1-2H3,(H,18,21)(H,19,20). The van der Waals surface area contributed by atoms with Crippen LogP contribution >= 0.6 is 0 Å². The van der Waals surface area contributed by atoms with Gasteiger partial charge in [-0.05, 0) is 31.0 Å². The Labute approximate surface area is 140 Å². The maximum Gasteiger partial charge on any atom is 0.305 e. The molecule has 0 aromatic heterocycles. The van der Waals surface area contributed by atoms with Gasteiger partial charge in [0.25, 0.3) is 0 Å². The largest absolute Gasteiger partial charge is 0.497 e. The summed E-state index contributed by atoms with van der Waals surface area (Å²) in [5.74, 6) is -0.591. The molecule has 1 aromatic carbocycles. The molecule has 1 saturated heterocycles. The molecule has 7 heteroatoms. The molecule has 2 N–H and O–H groups in total. The lowest BCUT2D eigenvalue weighted by Gasteiger charge is -2.28. The number of hydrogen-bond donors (Lipinski definition) is 2. The molecule has 2 atom stereocenters. The maximum atomic E-state index is 12.3. The average Bonchev–Trinajstić information content (AvgIpc) is 2.99. The van der Waals surface area contributed by atoms with E-state index in [1.54, 1.807) is 14.0 Å². The number of benzene rings is 1. The van der Waals surface area contributed by atoms with Crippen molar-refractivity contribution < 1.29 is 28.9 Å². The van der Waals surface area contributed by atoms with Crippen molar-refractivity contribution in [1.82, 2.24) is 5.32 Å². The van der Waals surface area contributed by atoms with E-state index < -0.39 is 17.6 Å². The van der Waals surface area contributed by atoms with Crippen molar-refractivity contribution in [3.63, 3.8) is 0 Å². The van der Waals surface area contributed by atoms with Crippen LogP contribution in [0.1, 0.15) is 25.3 Å². The van der Waals surface area contributed by atoms with Gasteiger partial charge in [-0.25, -0.2) is 0 Å². The van der Waals surface area contributed by atoms with Crippen molar-refractivity contribution in [2.45, 2.75) is 38.0 Å². The highest BCUT2D eigenvalue weighted by Crippen LogP contribution is 2.23. The summed E-state index contributed by atoms with van der Waals surface area (Å²) < 4.78 is 16.0. The van der Waals surface area contributed by atoms with Crippen LogP contribution in [0.3, 0.4) is 0 Å². The highest BCUT2D eigenvalue weighted by atomic mass is 16.5. The number of carboxylic acid groups (broad SMARTS) is 1. The van der Waals surface area contributed by atoms with Gasteiger partial charge in [-0.2, -0.15) is 0 Å². The number of nitrogens with one attached hydrogen (secondary N) is 1. The highest BCUT2D eigenvalue weighted by molar-refractivity contribution is 5.82. The Morgan fingerprint density at radius 2 is 2.25 bits per heavy atom. The van der Waals surface area contributed by atoms with Crippen molar-refractivity contribution in [1.29, 1.82) is 0 Å². The summed E-state index contributed by atoms with van der Waals surface area (Å²) in [4.78, 5) is 23.4. The number of carbonyl (C=O) groups is 2. The fourth-order valence-electron chi connectivity index (χ4n) is 2.60. The van der Waals surface area contributed by atoms with Crippen LogP contribution in [0.25, 0.3) is 0 Å². The number of carboxylic acids is 1. The molecule has 2 rings (SSSR count). The maximum absolute atomic E-state index is 12.3. The Morgan fingerprint density at radius 1 is 1.46 bits per heavy atom. The van der Waals surface area contributed by atoms with Gasteiger partial charge in [-0.1, -0.05) is 12.1 Å². The SMILES string of the molecule is COc1cccc(COC(C)C(=O)NC2(CC(=O)O)CCOC2)c1. The minimum Gasteiger partial charge on any atom is -0.497 e. The number of aliphatic carboxylic acids is 1. The van der Waals surface area contributed by atoms with Gasteiger partial charge in [-0.3, -0.25) is 9.59 Å². The first kappa shape index (κ1) is 18.2. The molecule has 7 nitrogen and oxygen atoms in total. The van der Waals surface area contributed by atoms with Crippen molar-refractivity contribution in [2.75, 3.05) is 20.3 Å². The molecular formula is C17H23NO6. The fourth-order valence-corrected chi connectivity index (χ4v) is 2.60. The summed E-state index contributed by atoms with van der Waals surface area (Å²) in [6.07, 6.45) is -0.392. The van der Waals surface area contributed by atoms with Crippen molar-refractivity contribution in [2.24, 2.45) is 0 Å². The number of carbonyl (C=O) groups excluding carboxylic acids is 1. The van der Waals surface area contributed by atoms with Crippen LogP contribution in [0.4, 0.5) is 0 Å². The third-order valence-corrected chi connectivity index (χ3v) is 3.98. The number of rotatable bonds is 8. The zero-order valence-corrected chi connectivity index (χ0v) is 13.9. The third kappa shape index (κ3) is 4.94. The van der Waals surface area contributed by atoms with E-state index in [-0.39, 0.29) is 25.5 Å². The second-order valence-corrected chi connectivity index (χ2v) is 5.95. The first-order chi connectivity index (χ1) is 11.4. The molecule has 132 valence electrons. The van der Waals surface area contributed by atoms with Crippen LogP contribution < -0.4 is 10.1 Å². The van der Waals surface area contributed by atoms with Crippen LogP contribution in [-0.2, 0) is 25.7 Å². The average molecular weight is 337 g/mol. The molecule has 0 radical (unpaired) electrons. The molecule has 1 aliphatic rings. The molecule has 1 aromatic rings. The first-order valence-corrected chi connectivity index (χ1v) is 7.80. The summed E-state index contributed by atoms with van der Waals surface area (Å²) in [5.41, 5.74) is 0.0368.